The van der Waals surface area contributed by atoms with Crippen LogP contribution < -0.4 is 4.74 Å². The van der Waals surface area contributed by atoms with E-state index in [1.165, 1.54) is 0 Å². The van der Waals surface area contributed by atoms with Crippen molar-refractivity contribution in [2.45, 2.75) is 0 Å². The molecular formula is C18H13ClN2O2. The lowest BCUT2D eigenvalue weighted by Gasteiger charge is -2.06. The lowest BCUT2D eigenvalue weighted by Crippen LogP contribution is -1.91. The van der Waals surface area contributed by atoms with Crippen LogP contribution in [0.5, 0.6) is 11.6 Å². The second-order valence-electron chi connectivity index (χ2n) is 5.29. The van der Waals surface area contributed by atoms with Gasteiger partial charge in [-0.05, 0) is 48.5 Å². The molecule has 0 aliphatic heterocycles. The van der Waals surface area contributed by atoms with E-state index in [1.54, 1.807) is 17.7 Å². The van der Waals surface area contributed by atoms with Gasteiger partial charge >= 0.3 is 0 Å². The third-order valence-corrected chi connectivity index (χ3v) is 4.13. The molecule has 2 aromatic carbocycles. The maximum absolute atomic E-state index is 10.5. The number of rotatable bonds is 2. The summed E-state index contributed by atoms with van der Waals surface area (Å²) in [5, 5.41) is 13.7. The van der Waals surface area contributed by atoms with E-state index in [-0.39, 0.29) is 5.88 Å². The summed E-state index contributed by atoms with van der Waals surface area (Å²) in [6, 6.07) is 15.0. The second-order valence-corrected chi connectivity index (χ2v) is 5.67. The summed E-state index contributed by atoms with van der Waals surface area (Å²) < 4.78 is 6.97. The SMILES string of the molecule is COc1ccc2cn(-c3ccc4nc(Cl)ccc4c3)c(O)c2c1. The van der Waals surface area contributed by atoms with Crippen molar-refractivity contribution in [3.63, 3.8) is 0 Å². The molecule has 0 aliphatic rings. The van der Waals surface area contributed by atoms with Crippen LogP contribution in [0, 0.1) is 0 Å². The highest BCUT2D eigenvalue weighted by atomic mass is 35.5. The van der Waals surface area contributed by atoms with Crippen LogP contribution in [0.1, 0.15) is 0 Å². The van der Waals surface area contributed by atoms with Crippen molar-refractivity contribution in [2.75, 3.05) is 7.11 Å². The van der Waals surface area contributed by atoms with Crippen molar-refractivity contribution in [3.8, 4) is 17.3 Å². The third kappa shape index (κ3) is 2.28. The largest absolute Gasteiger partial charge is 0.497 e. The number of aromatic nitrogens is 2. The van der Waals surface area contributed by atoms with Crippen molar-refractivity contribution in [3.05, 3.63) is 59.9 Å². The smallest absolute Gasteiger partial charge is 0.203 e. The zero-order valence-corrected chi connectivity index (χ0v) is 13.1. The minimum Gasteiger partial charge on any atom is -0.497 e. The minimum absolute atomic E-state index is 0.181. The van der Waals surface area contributed by atoms with Crippen LogP contribution in [-0.2, 0) is 0 Å². The van der Waals surface area contributed by atoms with Gasteiger partial charge in [0.2, 0.25) is 5.88 Å². The van der Waals surface area contributed by atoms with E-state index in [0.717, 1.165) is 27.4 Å². The molecule has 0 spiro atoms. The predicted molar refractivity (Wildman–Crippen MR) is 91.8 cm³/mol. The van der Waals surface area contributed by atoms with Gasteiger partial charge in [0.1, 0.15) is 10.9 Å². The number of pyridine rings is 1. The van der Waals surface area contributed by atoms with Crippen LogP contribution in [0.25, 0.3) is 27.4 Å². The fourth-order valence-corrected chi connectivity index (χ4v) is 2.89. The van der Waals surface area contributed by atoms with E-state index in [9.17, 15) is 5.11 Å². The van der Waals surface area contributed by atoms with Crippen LogP contribution >= 0.6 is 11.6 Å². The van der Waals surface area contributed by atoms with Crippen LogP contribution in [0.15, 0.2) is 54.7 Å². The number of fused-ring (bicyclic) bond motifs is 2. The lowest BCUT2D eigenvalue weighted by molar-refractivity contribution is 0.414. The van der Waals surface area contributed by atoms with Crippen molar-refractivity contribution in [1.29, 1.82) is 0 Å². The quantitative estimate of drug-likeness (QED) is 0.550. The predicted octanol–water partition coefficient (Wildman–Crippen LogP) is 4.55. The van der Waals surface area contributed by atoms with Gasteiger partial charge in [-0.2, -0.15) is 0 Å². The number of aromatic hydroxyl groups is 1. The van der Waals surface area contributed by atoms with Gasteiger partial charge in [-0.25, -0.2) is 4.98 Å². The van der Waals surface area contributed by atoms with Gasteiger partial charge in [0.05, 0.1) is 12.6 Å². The number of hydrogen-bond acceptors (Lipinski definition) is 3. The van der Waals surface area contributed by atoms with Gasteiger partial charge in [0.25, 0.3) is 0 Å². The molecule has 4 aromatic rings. The molecule has 5 heteroatoms. The maximum atomic E-state index is 10.5. The Hall–Kier alpha value is -2.72. The van der Waals surface area contributed by atoms with E-state index in [4.69, 9.17) is 16.3 Å². The molecule has 0 saturated carbocycles. The molecule has 4 nitrogen and oxygen atoms in total. The molecule has 2 aromatic heterocycles. The Morgan fingerprint density at radius 1 is 1.04 bits per heavy atom. The third-order valence-electron chi connectivity index (χ3n) is 3.91. The number of nitrogens with zero attached hydrogens (tertiary/aromatic N) is 2. The summed E-state index contributed by atoms with van der Waals surface area (Å²) in [7, 11) is 1.61. The molecule has 0 saturated heterocycles. The molecule has 23 heavy (non-hydrogen) atoms. The Morgan fingerprint density at radius 2 is 1.87 bits per heavy atom. The topological polar surface area (TPSA) is 47.3 Å². The molecule has 0 radical (unpaired) electrons. The molecular weight excluding hydrogens is 312 g/mol. The van der Waals surface area contributed by atoms with E-state index in [1.807, 2.05) is 48.7 Å². The normalized spacial score (nSPS) is 11.2. The second kappa shape index (κ2) is 5.18. The summed E-state index contributed by atoms with van der Waals surface area (Å²) in [4.78, 5) is 4.28. The lowest BCUT2D eigenvalue weighted by atomic mass is 10.2. The van der Waals surface area contributed by atoms with Gasteiger partial charge in [-0.15, -0.1) is 0 Å². The van der Waals surface area contributed by atoms with Crippen LogP contribution in [0.3, 0.4) is 0 Å². The summed E-state index contributed by atoms with van der Waals surface area (Å²) in [6.07, 6.45) is 1.90. The average molecular weight is 325 g/mol. The minimum atomic E-state index is 0.181. The Balaban J connectivity index is 1.91. The first kappa shape index (κ1) is 13.9. The molecule has 114 valence electrons. The number of benzene rings is 2. The molecule has 2 heterocycles. The molecule has 0 aliphatic carbocycles. The molecule has 0 amide bonds. The summed E-state index contributed by atoms with van der Waals surface area (Å²) in [6.45, 7) is 0. The van der Waals surface area contributed by atoms with Crippen LogP contribution in [-0.4, -0.2) is 21.8 Å². The van der Waals surface area contributed by atoms with Crippen molar-refractivity contribution in [2.24, 2.45) is 0 Å². The van der Waals surface area contributed by atoms with Gasteiger partial charge in [0, 0.05) is 28.0 Å². The standard InChI is InChI=1S/C18H13ClN2O2/c1-23-14-5-2-12-10-21(18(22)15(12)9-14)13-4-6-16-11(8-13)3-7-17(19)20-16/h2-10,22H,1H3. The number of methoxy groups -OCH3 is 1. The Morgan fingerprint density at radius 3 is 2.70 bits per heavy atom. The van der Waals surface area contributed by atoms with Crippen LogP contribution in [0.4, 0.5) is 0 Å². The Kier molecular flexibility index (Phi) is 3.13. The van der Waals surface area contributed by atoms with Crippen molar-refractivity contribution < 1.29 is 9.84 Å². The molecule has 4 rings (SSSR count). The van der Waals surface area contributed by atoms with E-state index < -0.39 is 0 Å². The summed E-state index contributed by atoms with van der Waals surface area (Å²) >= 11 is 5.91. The van der Waals surface area contributed by atoms with Crippen molar-refractivity contribution >= 4 is 33.3 Å². The van der Waals surface area contributed by atoms with E-state index >= 15 is 0 Å². The highest BCUT2D eigenvalue weighted by Crippen LogP contribution is 2.33. The molecule has 0 bridgehead atoms. The number of ether oxygens (including phenoxy) is 1. The Bertz CT molecular complexity index is 1040. The molecule has 0 fully saturated rings. The number of halogens is 1. The molecule has 0 atom stereocenters. The fourth-order valence-electron chi connectivity index (χ4n) is 2.73. The average Bonchev–Trinajstić information content (AvgIpc) is 2.90. The monoisotopic (exact) mass is 324 g/mol. The van der Waals surface area contributed by atoms with Gasteiger partial charge < -0.3 is 9.84 Å². The summed E-state index contributed by atoms with van der Waals surface area (Å²) in [5.74, 6) is 0.892. The molecule has 0 unspecified atom stereocenters. The van der Waals surface area contributed by atoms with Gasteiger partial charge in [-0.1, -0.05) is 11.6 Å². The van der Waals surface area contributed by atoms with Gasteiger partial charge in [0.15, 0.2) is 0 Å². The van der Waals surface area contributed by atoms with Gasteiger partial charge in [-0.3, -0.25) is 4.57 Å². The Labute approximate surface area is 137 Å². The zero-order valence-electron chi connectivity index (χ0n) is 12.3. The van der Waals surface area contributed by atoms with Crippen LogP contribution in [0.2, 0.25) is 5.15 Å². The van der Waals surface area contributed by atoms with E-state index in [0.29, 0.717) is 10.9 Å². The highest BCUT2D eigenvalue weighted by molar-refractivity contribution is 6.29. The molecule has 1 N–H and O–H groups in total. The maximum Gasteiger partial charge on any atom is 0.203 e. The highest BCUT2D eigenvalue weighted by Gasteiger charge is 2.11. The fraction of sp³-hybridized carbons (Fsp3) is 0.0556. The van der Waals surface area contributed by atoms with Crippen molar-refractivity contribution in [1.82, 2.24) is 9.55 Å². The first-order valence-electron chi connectivity index (χ1n) is 7.10. The first-order chi connectivity index (χ1) is 11.2. The first-order valence-corrected chi connectivity index (χ1v) is 7.48. The van der Waals surface area contributed by atoms with E-state index in [2.05, 4.69) is 4.98 Å². The zero-order chi connectivity index (χ0) is 16.0. The number of hydrogen-bond donors (Lipinski definition) is 1. The summed E-state index contributed by atoms with van der Waals surface area (Å²) in [5.41, 5.74) is 1.67.